The van der Waals surface area contributed by atoms with Crippen LogP contribution in [-0.2, 0) is 13.6 Å². The third-order valence-corrected chi connectivity index (χ3v) is 4.11. The van der Waals surface area contributed by atoms with Gasteiger partial charge in [0.2, 0.25) is 0 Å². The molecule has 2 aromatic rings. The third-order valence-electron chi connectivity index (χ3n) is 2.87. The van der Waals surface area contributed by atoms with Crippen molar-refractivity contribution in [2.45, 2.75) is 25.4 Å². The van der Waals surface area contributed by atoms with Gasteiger partial charge in [0.1, 0.15) is 5.69 Å². The number of nitrogens with one attached hydrogen (secondary N) is 1. The number of halogens is 1. The molecule has 0 aliphatic heterocycles. The Bertz CT molecular complexity index is 528. The van der Waals surface area contributed by atoms with Crippen LogP contribution in [0.15, 0.2) is 18.3 Å². The summed E-state index contributed by atoms with van der Waals surface area (Å²) in [5.74, 6) is 0. The van der Waals surface area contributed by atoms with Crippen LogP contribution in [0.1, 0.15) is 18.4 Å². The number of aryl methyl sites for hydroxylation is 1. The average Bonchev–Trinajstić information content (AvgIpc) is 2.91. The van der Waals surface area contributed by atoms with Crippen LogP contribution >= 0.6 is 22.9 Å². The summed E-state index contributed by atoms with van der Waals surface area (Å²) in [5.41, 5.74) is 2.30. The van der Waals surface area contributed by atoms with E-state index in [-0.39, 0.29) is 0 Å². The van der Waals surface area contributed by atoms with E-state index in [4.69, 9.17) is 11.6 Å². The van der Waals surface area contributed by atoms with Crippen LogP contribution in [0.5, 0.6) is 0 Å². The van der Waals surface area contributed by atoms with E-state index in [0.717, 1.165) is 27.5 Å². The number of aromatic nitrogens is 2. The van der Waals surface area contributed by atoms with Crippen molar-refractivity contribution >= 4 is 22.9 Å². The van der Waals surface area contributed by atoms with Crippen LogP contribution in [0, 0.1) is 0 Å². The molecular formula is C12H14ClN3S. The number of hydrogen-bond donors (Lipinski definition) is 1. The van der Waals surface area contributed by atoms with Crippen molar-refractivity contribution in [3.8, 4) is 10.6 Å². The largest absolute Gasteiger partial charge is 0.310 e. The molecule has 1 saturated carbocycles. The van der Waals surface area contributed by atoms with Crippen molar-refractivity contribution in [1.82, 2.24) is 15.1 Å². The van der Waals surface area contributed by atoms with Gasteiger partial charge in [-0.3, -0.25) is 4.68 Å². The summed E-state index contributed by atoms with van der Waals surface area (Å²) in [6.07, 6.45) is 4.69. The monoisotopic (exact) mass is 267 g/mol. The Morgan fingerprint density at radius 3 is 3.00 bits per heavy atom. The van der Waals surface area contributed by atoms with E-state index in [1.54, 1.807) is 11.3 Å². The van der Waals surface area contributed by atoms with Crippen LogP contribution < -0.4 is 5.32 Å². The number of thiophene rings is 1. The summed E-state index contributed by atoms with van der Waals surface area (Å²) in [4.78, 5) is 1.14. The van der Waals surface area contributed by atoms with E-state index in [2.05, 4.69) is 16.6 Å². The van der Waals surface area contributed by atoms with Crippen molar-refractivity contribution in [2.75, 3.05) is 0 Å². The number of rotatable bonds is 4. The Balaban J connectivity index is 1.86. The lowest BCUT2D eigenvalue weighted by Crippen LogP contribution is -2.15. The topological polar surface area (TPSA) is 29.9 Å². The second-order valence-electron chi connectivity index (χ2n) is 4.44. The fourth-order valence-corrected chi connectivity index (χ4v) is 2.92. The first kappa shape index (κ1) is 11.3. The molecule has 0 amide bonds. The van der Waals surface area contributed by atoms with Gasteiger partial charge >= 0.3 is 0 Å². The molecule has 2 heterocycles. The van der Waals surface area contributed by atoms with Crippen LogP contribution in [0.2, 0.25) is 4.34 Å². The smallest absolute Gasteiger partial charge is 0.107 e. The fourth-order valence-electron chi connectivity index (χ4n) is 1.86. The van der Waals surface area contributed by atoms with E-state index in [1.165, 1.54) is 18.4 Å². The molecule has 3 nitrogen and oxygen atoms in total. The zero-order valence-corrected chi connectivity index (χ0v) is 11.2. The van der Waals surface area contributed by atoms with Gasteiger partial charge in [0.25, 0.3) is 0 Å². The Morgan fingerprint density at radius 1 is 1.53 bits per heavy atom. The molecule has 0 spiro atoms. The van der Waals surface area contributed by atoms with Crippen LogP contribution in [0.25, 0.3) is 10.6 Å². The van der Waals surface area contributed by atoms with Gasteiger partial charge in [-0.25, -0.2) is 0 Å². The van der Waals surface area contributed by atoms with Crippen LogP contribution in [-0.4, -0.2) is 15.8 Å². The lowest BCUT2D eigenvalue weighted by Gasteiger charge is -2.01. The van der Waals surface area contributed by atoms with Gasteiger partial charge in [-0.1, -0.05) is 11.6 Å². The van der Waals surface area contributed by atoms with Crippen molar-refractivity contribution in [1.29, 1.82) is 0 Å². The van der Waals surface area contributed by atoms with Gasteiger partial charge in [0.05, 0.1) is 9.21 Å². The summed E-state index contributed by atoms with van der Waals surface area (Å²) in [6, 6.07) is 4.68. The quantitative estimate of drug-likeness (QED) is 0.923. The molecule has 1 aliphatic rings. The van der Waals surface area contributed by atoms with Gasteiger partial charge in [-0.05, 0) is 25.0 Å². The highest BCUT2D eigenvalue weighted by molar-refractivity contribution is 7.19. The second kappa shape index (κ2) is 4.44. The normalized spacial score (nSPS) is 15.4. The zero-order chi connectivity index (χ0) is 11.8. The predicted octanol–water partition coefficient (Wildman–Crippen LogP) is 3.05. The molecule has 0 aromatic carbocycles. The van der Waals surface area contributed by atoms with E-state index < -0.39 is 0 Å². The maximum Gasteiger partial charge on any atom is 0.107 e. The minimum atomic E-state index is 0.718. The molecule has 2 aromatic heterocycles. The van der Waals surface area contributed by atoms with Gasteiger partial charge < -0.3 is 5.32 Å². The summed E-state index contributed by atoms with van der Waals surface area (Å²) >= 11 is 7.56. The molecule has 1 N–H and O–H groups in total. The molecular weight excluding hydrogens is 254 g/mol. The Kier molecular flexibility index (Phi) is 2.94. The second-order valence-corrected chi connectivity index (χ2v) is 6.15. The molecule has 1 aliphatic carbocycles. The van der Waals surface area contributed by atoms with Gasteiger partial charge in [0.15, 0.2) is 0 Å². The average molecular weight is 268 g/mol. The minimum absolute atomic E-state index is 0.718. The van der Waals surface area contributed by atoms with E-state index in [1.807, 2.05) is 23.9 Å². The van der Waals surface area contributed by atoms with E-state index >= 15 is 0 Å². The first-order chi connectivity index (χ1) is 8.22. The Hall–Kier alpha value is -0.840. The van der Waals surface area contributed by atoms with Gasteiger partial charge in [-0.2, -0.15) is 5.10 Å². The molecule has 0 atom stereocenters. The van der Waals surface area contributed by atoms with E-state index in [0.29, 0.717) is 0 Å². The maximum atomic E-state index is 5.98. The first-order valence-electron chi connectivity index (χ1n) is 5.74. The van der Waals surface area contributed by atoms with Crippen molar-refractivity contribution in [3.05, 3.63) is 28.2 Å². The van der Waals surface area contributed by atoms with Crippen LogP contribution in [0.3, 0.4) is 0 Å². The molecule has 90 valence electrons. The first-order valence-corrected chi connectivity index (χ1v) is 6.93. The minimum Gasteiger partial charge on any atom is -0.310 e. The molecule has 0 bridgehead atoms. The SMILES string of the molecule is Cn1cc(CNC2CC2)c(-c2ccc(Cl)s2)n1. The predicted molar refractivity (Wildman–Crippen MR) is 71.4 cm³/mol. The lowest BCUT2D eigenvalue weighted by molar-refractivity contribution is 0.687. The molecule has 0 unspecified atom stereocenters. The standard InChI is InChI=1S/C12H14ClN3S/c1-16-7-8(6-14-9-2-3-9)12(15-16)10-4-5-11(13)17-10/h4-5,7,9,14H,2-3,6H2,1H3. The summed E-state index contributed by atoms with van der Waals surface area (Å²) in [5, 5.41) is 8.04. The molecule has 5 heteroatoms. The van der Waals surface area contributed by atoms with Crippen LogP contribution in [0.4, 0.5) is 0 Å². The highest BCUT2D eigenvalue weighted by Crippen LogP contribution is 2.32. The molecule has 17 heavy (non-hydrogen) atoms. The molecule has 0 saturated heterocycles. The summed E-state index contributed by atoms with van der Waals surface area (Å²) in [7, 11) is 1.96. The van der Waals surface area contributed by atoms with Crippen molar-refractivity contribution < 1.29 is 0 Å². The third kappa shape index (κ3) is 2.54. The molecule has 3 rings (SSSR count). The summed E-state index contributed by atoms with van der Waals surface area (Å²) < 4.78 is 2.68. The Labute approximate surface area is 109 Å². The van der Waals surface area contributed by atoms with Gasteiger partial charge in [-0.15, -0.1) is 11.3 Å². The maximum absolute atomic E-state index is 5.98. The summed E-state index contributed by atoms with van der Waals surface area (Å²) in [6.45, 7) is 0.892. The lowest BCUT2D eigenvalue weighted by atomic mass is 10.2. The fraction of sp³-hybridized carbons (Fsp3) is 0.417. The van der Waals surface area contributed by atoms with Crippen molar-refractivity contribution in [3.63, 3.8) is 0 Å². The van der Waals surface area contributed by atoms with Gasteiger partial charge in [0, 0.05) is 31.4 Å². The molecule has 1 fully saturated rings. The van der Waals surface area contributed by atoms with Crippen molar-refractivity contribution in [2.24, 2.45) is 7.05 Å². The zero-order valence-electron chi connectivity index (χ0n) is 9.61. The van der Waals surface area contributed by atoms with E-state index in [9.17, 15) is 0 Å². The molecule has 0 radical (unpaired) electrons. The highest BCUT2D eigenvalue weighted by Gasteiger charge is 2.21. The highest BCUT2D eigenvalue weighted by atomic mass is 35.5. The number of nitrogens with zero attached hydrogens (tertiary/aromatic N) is 2. The number of hydrogen-bond acceptors (Lipinski definition) is 3. The Morgan fingerprint density at radius 2 is 2.35 bits per heavy atom.